The van der Waals surface area contributed by atoms with Crippen LogP contribution in [0.3, 0.4) is 0 Å². The number of hydrogen-bond acceptors (Lipinski definition) is 3. The van der Waals surface area contributed by atoms with Gasteiger partial charge in [-0.1, -0.05) is 20.8 Å². The van der Waals surface area contributed by atoms with Crippen molar-refractivity contribution in [3.05, 3.63) is 18.2 Å². The Bertz CT molecular complexity index is 376. The van der Waals surface area contributed by atoms with E-state index >= 15 is 0 Å². The van der Waals surface area contributed by atoms with Crippen LogP contribution in [-0.4, -0.2) is 27.0 Å². The zero-order valence-corrected chi connectivity index (χ0v) is 12.5. The minimum Gasteiger partial charge on any atom is -0.346 e. The number of hydrogen-bond donors (Lipinski definition) is 1. The molecular weight excluding hydrogens is 246 g/mol. The summed E-state index contributed by atoms with van der Waals surface area (Å²) >= 11 is 1.79. The monoisotopic (exact) mass is 269 g/mol. The molecule has 18 heavy (non-hydrogen) atoms. The number of aryl methyl sites for hydroxylation is 1. The maximum atomic E-state index is 11.9. The smallest absolute Gasteiger partial charge is 0.221 e. The highest BCUT2D eigenvalue weighted by Gasteiger charge is 2.21. The molecule has 1 heterocycles. The first-order valence-electron chi connectivity index (χ1n) is 6.40. The predicted octanol–water partition coefficient (Wildman–Crippen LogP) is 2.38. The van der Waals surface area contributed by atoms with E-state index < -0.39 is 0 Å². The van der Waals surface area contributed by atoms with Crippen LogP contribution >= 0.6 is 11.8 Å². The molecule has 1 atom stereocenters. The Morgan fingerprint density at radius 1 is 1.56 bits per heavy atom. The molecule has 0 radical (unpaired) electrons. The third-order valence-electron chi connectivity index (χ3n) is 2.80. The molecule has 0 aromatic carbocycles. The Kier molecular flexibility index (Phi) is 6.25. The zero-order valence-electron chi connectivity index (χ0n) is 11.6. The van der Waals surface area contributed by atoms with E-state index in [1.54, 1.807) is 18.0 Å². The fraction of sp³-hybridized carbons (Fsp3) is 0.692. The van der Waals surface area contributed by atoms with Crippen LogP contribution in [0.25, 0.3) is 0 Å². The second-order valence-electron chi connectivity index (χ2n) is 4.63. The second-order valence-corrected chi connectivity index (χ2v) is 6.03. The van der Waals surface area contributed by atoms with Crippen molar-refractivity contribution >= 4 is 17.7 Å². The topological polar surface area (TPSA) is 46.9 Å². The van der Waals surface area contributed by atoms with Gasteiger partial charge in [0.05, 0.1) is 6.04 Å². The maximum absolute atomic E-state index is 11.9. The van der Waals surface area contributed by atoms with Gasteiger partial charge in [0.2, 0.25) is 5.91 Å². The summed E-state index contributed by atoms with van der Waals surface area (Å²) in [5.74, 6) is 3.29. The van der Waals surface area contributed by atoms with Gasteiger partial charge in [-0.25, -0.2) is 4.98 Å². The molecule has 0 saturated carbocycles. The molecular formula is C13H23N3OS. The van der Waals surface area contributed by atoms with Crippen molar-refractivity contribution in [3.63, 3.8) is 0 Å². The van der Waals surface area contributed by atoms with Crippen LogP contribution in [0.15, 0.2) is 12.4 Å². The lowest BCUT2D eigenvalue weighted by molar-refractivity contribution is -0.121. The quantitative estimate of drug-likeness (QED) is 0.773. The minimum absolute atomic E-state index is 0.0101. The van der Waals surface area contributed by atoms with Crippen LogP contribution in [0, 0.1) is 5.92 Å². The summed E-state index contributed by atoms with van der Waals surface area (Å²) in [4.78, 5) is 16.2. The molecule has 0 fully saturated rings. The fourth-order valence-electron chi connectivity index (χ4n) is 1.76. The summed E-state index contributed by atoms with van der Waals surface area (Å²) in [6, 6.07) is -0.0101. The lowest BCUT2D eigenvalue weighted by atomic mass is 10.0. The minimum atomic E-state index is -0.0101. The molecule has 0 bridgehead atoms. The van der Waals surface area contributed by atoms with Gasteiger partial charge in [-0.05, 0) is 11.7 Å². The lowest BCUT2D eigenvalue weighted by Gasteiger charge is -2.22. The van der Waals surface area contributed by atoms with E-state index in [1.165, 1.54) is 0 Å². The van der Waals surface area contributed by atoms with Gasteiger partial charge in [0.1, 0.15) is 5.82 Å². The van der Waals surface area contributed by atoms with Crippen LogP contribution in [0.5, 0.6) is 0 Å². The molecule has 1 rings (SSSR count). The van der Waals surface area contributed by atoms with Gasteiger partial charge >= 0.3 is 0 Å². The van der Waals surface area contributed by atoms with Crippen LogP contribution in [-0.2, 0) is 11.8 Å². The Labute approximate surface area is 114 Å². The predicted molar refractivity (Wildman–Crippen MR) is 76.5 cm³/mol. The number of imidazole rings is 1. The number of nitrogens with zero attached hydrogens (tertiary/aromatic N) is 2. The lowest BCUT2D eigenvalue weighted by Crippen LogP contribution is -2.33. The molecule has 0 saturated heterocycles. The van der Waals surface area contributed by atoms with E-state index in [4.69, 9.17) is 0 Å². The van der Waals surface area contributed by atoms with Crippen molar-refractivity contribution in [2.24, 2.45) is 13.0 Å². The van der Waals surface area contributed by atoms with Crippen molar-refractivity contribution in [1.29, 1.82) is 0 Å². The first-order chi connectivity index (χ1) is 8.56. The molecule has 0 spiro atoms. The molecule has 0 unspecified atom stereocenters. The van der Waals surface area contributed by atoms with Gasteiger partial charge < -0.3 is 9.88 Å². The first-order valence-corrected chi connectivity index (χ1v) is 7.56. The summed E-state index contributed by atoms with van der Waals surface area (Å²) in [6.07, 6.45) is 4.25. The molecule has 5 heteroatoms. The van der Waals surface area contributed by atoms with Crippen molar-refractivity contribution < 1.29 is 4.79 Å². The van der Waals surface area contributed by atoms with Crippen LogP contribution < -0.4 is 5.32 Å². The number of nitrogens with one attached hydrogen (secondary N) is 1. The zero-order chi connectivity index (χ0) is 13.5. The molecule has 0 aliphatic carbocycles. The Morgan fingerprint density at radius 2 is 2.28 bits per heavy atom. The molecule has 0 aliphatic heterocycles. The fourth-order valence-corrected chi connectivity index (χ4v) is 2.38. The highest BCUT2D eigenvalue weighted by Crippen LogP contribution is 2.19. The van der Waals surface area contributed by atoms with Gasteiger partial charge in [-0.2, -0.15) is 11.8 Å². The summed E-state index contributed by atoms with van der Waals surface area (Å²) < 4.78 is 1.96. The van der Waals surface area contributed by atoms with E-state index in [0.717, 1.165) is 17.3 Å². The van der Waals surface area contributed by atoms with Crippen LogP contribution in [0.4, 0.5) is 0 Å². The summed E-state index contributed by atoms with van der Waals surface area (Å²) in [5.41, 5.74) is 0. The third kappa shape index (κ3) is 4.37. The van der Waals surface area contributed by atoms with Gasteiger partial charge in [0, 0.05) is 31.6 Å². The molecule has 4 nitrogen and oxygen atoms in total. The van der Waals surface area contributed by atoms with Gasteiger partial charge in [-0.15, -0.1) is 0 Å². The maximum Gasteiger partial charge on any atom is 0.221 e. The SMILES string of the molecule is CCSCCC(=O)N[C@@H](c1nccn1C)C(C)C. The summed E-state index contributed by atoms with van der Waals surface area (Å²) in [5, 5.41) is 3.08. The van der Waals surface area contributed by atoms with E-state index in [0.29, 0.717) is 12.3 Å². The largest absolute Gasteiger partial charge is 0.346 e. The second kappa shape index (κ2) is 7.46. The molecule has 1 amide bonds. The molecule has 102 valence electrons. The first kappa shape index (κ1) is 15.1. The van der Waals surface area contributed by atoms with E-state index in [-0.39, 0.29) is 11.9 Å². The normalized spacial score (nSPS) is 12.7. The molecule has 1 N–H and O–H groups in total. The van der Waals surface area contributed by atoms with Gasteiger partial charge in [0.15, 0.2) is 0 Å². The third-order valence-corrected chi connectivity index (χ3v) is 3.70. The Morgan fingerprint density at radius 3 is 2.78 bits per heavy atom. The van der Waals surface area contributed by atoms with Crippen molar-refractivity contribution in [3.8, 4) is 0 Å². The highest BCUT2D eigenvalue weighted by molar-refractivity contribution is 7.99. The van der Waals surface area contributed by atoms with Crippen LogP contribution in [0.1, 0.15) is 39.1 Å². The van der Waals surface area contributed by atoms with Crippen LogP contribution in [0.2, 0.25) is 0 Å². The van der Waals surface area contributed by atoms with Crippen molar-refractivity contribution in [1.82, 2.24) is 14.9 Å². The Hall–Kier alpha value is -0.970. The molecule has 0 aliphatic rings. The standard InChI is InChI=1S/C13H23N3OS/c1-5-18-9-6-11(17)15-12(10(2)3)13-14-7-8-16(13)4/h7-8,10,12H,5-6,9H2,1-4H3,(H,15,17)/t12-/m1/s1. The molecule has 1 aromatic heterocycles. The number of thioether (sulfide) groups is 1. The number of amides is 1. The average Bonchev–Trinajstić information content (AvgIpc) is 2.72. The average molecular weight is 269 g/mol. The van der Waals surface area contributed by atoms with E-state index in [1.807, 2.05) is 17.8 Å². The number of rotatable bonds is 7. The number of carbonyl (C=O) groups is 1. The molecule has 1 aromatic rings. The van der Waals surface area contributed by atoms with E-state index in [2.05, 4.69) is 31.1 Å². The van der Waals surface area contributed by atoms with Crippen molar-refractivity contribution in [2.75, 3.05) is 11.5 Å². The number of carbonyl (C=O) groups excluding carboxylic acids is 1. The van der Waals surface area contributed by atoms with Gasteiger partial charge in [-0.3, -0.25) is 4.79 Å². The highest BCUT2D eigenvalue weighted by atomic mass is 32.2. The van der Waals surface area contributed by atoms with Crippen molar-refractivity contribution in [2.45, 2.75) is 33.2 Å². The number of aromatic nitrogens is 2. The summed E-state index contributed by atoms with van der Waals surface area (Å²) in [7, 11) is 1.96. The van der Waals surface area contributed by atoms with E-state index in [9.17, 15) is 4.79 Å². The Balaban J connectivity index is 2.59. The van der Waals surface area contributed by atoms with Gasteiger partial charge in [0.25, 0.3) is 0 Å². The summed E-state index contributed by atoms with van der Waals surface area (Å²) in [6.45, 7) is 6.30.